The summed E-state index contributed by atoms with van der Waals surface area (Å²) in [6.07, 6.45) is 4.61. The highest BCUT2D eigenvalue weighted by molar-refractivity contribution is 5.70. The van der Waals surface area contributed by atoms with Crippen LogP contribution in [0.5, 0.6) is 0 Å². The number of hydrogen-bond acceptors (Lipinski definition) is 2. The van der Waals surface area contributed by atoms with Crippen molar-refractivity contribution in [3.05, 3.63) is 35.9 Å². The van der Waals surface area contributed by atoms with Gasteiger partial charge in [-0.2, -0.15) is 0 Å². The van der Waals surface area contributed by atoms with Gasteiger partial charge in [-0.1, -0.05) is 57.0 Å². The van der Waals surface area contributed by atoms with Gasteiger partial charge in [-0.15, -0.1) is 0 Å². The molecule has 0 amide bonds. The molecule has 1 aromatic rings. The number of quaternary nitrogens is 1. The van der Waals surface area contributed by atoms with Crippen LogP contribution in [0.15, 0.2) is 30.3 Å². The van der Waals surface area contributed by atoms with Crippen LogP contribution in [-0.4, -0.2) is 36.7 Å². The van der Waals surface area contributed by atoms with E-state index in [1.807, 2.05) is 13.0 Å². The van der Waals surface area contributed by atoms with Crippen LogP contribution in [0, 0.1) is 0 Å². The number of rotatable bonds is 11. The number of unbranched alkanes of at least 4 members (excludes halogenated alkanes) is 2. The molecule has 0 fully saturated rings. The van der Waals surface area contributed by atoms with Crippen LogP contribution in [0.2, 0.25) is 0 Å². The van der Waals surface area contributed by atoms with Crippen LogP contribution < -0.4 is 0 Å². The molecule has 0 N–H and O–H groups in total. The predicted octanol–water partition coefficient (Wildman–Crippen LogP) is 4.17. The number of nitrogens with zero attached hydrogens (tertiary/aromatic N) is 1. The Morgan fingerprint density at radius 3 is 2.09 bits per heavy atom. The van der Waals surface area contributed by atoms with E-state index in [0.29, 0.717) is 13.2 Å². The minimum Gasteiger partial charge on any atom is -0.462 e. The van der Waals surface area contributed by atoms with Gasteiger partial charge in [-0.3, -0.25) is 0 Å². The largest absolute Gasteiger partial charge is 0.462 e. The zero-order valence-electron chi connectivity index (χ0n) is 14.5. The molecule has 0 aliphatic heterocycles. The van der Waals surface area contributed by atoms with E-state index in [9.17, 15) is 4.79 Å². The minimum atomic E-state index is -0.0642. The van der Waals surface area contributed by atoms with Gasteiger partial charge in [0.1, 0.15) is 6.54 Å². The molecule has 1 rings (SSSR count). The number of esters is 1. The fourth-order valence-corrected chi connectivity index (χ4v) is 2.92. The van der Waals surface area contributed by atoms with E-state index >= 15 is 0 Å². The van der Waals surface area contributed by atoms with Gasteiger partial charge < -0.3 is 9.22 Å². The van der Waals surface area contributed by atoms with Crippen LogP contribution >= 0.6 is 0 Å². The van der Waals surface area contributed by atoms with Crippen LogP contribution in [-0.2, 0) is 16.1 Å². The molecule has 0 aromatic heterocycles. The Labute approximate surface area is 135 Å². The summed E-state index contributed by atoms with van der Waals surface area (Å²) in [6.45, 7) is 10.3. The number of carbonyl (C=O) groups is 1. The monoisotopic (exact) mass is 306 g/mol. The zero-order chi connectivity index (χ0) is 16.3. The van der Waals surface area contributed by atoms with Crippen molar-refractivity contribution in [2.24, 2.45) is 0 Å². The van der Waals surface area contributed by atoms with Crippen LogP contribution in [0.3, 0.4) is 0 Å². The Kier molecular flexibility index (Phi) is 8.83. The first-order chi connectivity index (χ1) is 10.7. The highest BCUT2D eigenvalue weighted by Crippen LogP contribution is 2.18. The summed E-state index contributed by atoms with van der Waals surface area (Å²) < 4.78 is 6.06. The maximum absolute atomic E-state index is 12.1. The first-order valence-corrected chi connectivity index (χ1v) is 8.70. The standard InChI is InChI=1S/C19H32NO2/c1-4-7-14-20(15-8-5-2,17-19(21)22-6-3)16-18-12-10-9-11-13-18/h9-13H,4-8,14-17H2,1-3H3/q+1. The molecule has 0 saturated carbocycles. The third-order valence-electron chi connectivity index (χ3n) is 4.10. The topological polar surface area (TPSA) is 26.3 Å². The van der Waals surface area contributed by atoms with Gasteiger partial charge in [0.15, 0.2) is 6.54 Å². The summed E-state index contributed by atoms with van der Waals surface area (Å²) >= 11 is 0. The summed E-state index contributed by atoms with van der Waals surface area (Å²) in [4.78, 5) is 12.1. The smallest absolute Gasteiger partial charge is 0.361 e. The summed E-state index contributed by atoms with van der Waals surface area (Å²) in [6, 6.07) is 10.5. The van der Waals surface area contributed by atoms with Crippen molar-refractivity contribution in [1.82, 2.24) is 0 Å². The average Bonchev–Trinajstić information content (AvgIpc) is 2.52. The second-order valence-electron chi connectivity index (χ2n) is 6.10. The third-order valence-corrected chi connectivity index (χ3v) is 4.10. The molecule has 3 heteroatoms. The van der Waals surface area contributed by atoms with E-state index in [1.54, 1.807) is 0 Å². The summed E-state index contributed by atoms with van der Waals surface area (Å²) in [5, 5.41) is 0. The highest BCUT2D eigenvalue weighted by Gasteiger charge is 2.30. The maximum Gasteiger partial charge on any atom is 0.361 e. The SMILES string of the molecule is CCCC[N+](CCCC)(CC(=O)OCC)Cc1ccccc1. The molecule has 3 nitrogen and oxygen atoms in total. The van der Waals surface area contributed by atoms with E-state index in [4.69, 9.17) is 4.74 Å². The molecular weight excluding hydrogens is 274 g/mol. The van der Waals surface area contributed by atoms with Gasteiger partial charge in [0.05, 0.1) is 19.7 Å². The van der Waals surface area contributed by atoms with Gasteiger partial charge in [-0.05, 0) is 19.8 Å². The molecule has 0 aliphatic rings. The summed E-state index contributed by atoms with van der Waals surface area (Å²) in [5.41, 5.74) is 1.30. The van der Waals surface area contributed by atoms with Gasteiger partial charge in [0.2, 0.25) is 0 Å². The van der Waals surface area contributed by atoms with Crippen molar-refractivity contribution in [3.8, 4) is 0 Å². The first-order valence-electron chi connectivity index (χ1n) is 8.70. The van der Waals surface area contributed by atoms with Crippen molar-refractivity contribution in [2.75, 3.05) is 26.2 Å². The predicted molar refractivity (Wildman–Crippen MR) is 91.5 cm³/mol. The van der Waals surface area contributed by atoms with Crippen molar-refractivity contribution in [3.63, 3.8) is 0 Å². The molecule has 0 aliphatic carbocycles. The Bertz CT molecular complexity index is 409. The number of hydrogen-bond donors (Lipinski definition) is 0. The fraction of sp³-hybridized carbons (Fsp3) is 0.632. The summed E-state index contributed by atoms with van der Waals surface area (Å²) in [7, 11) is 0. The Morgan fingerprint density at radius 2 is 1.59 bits per heavy atom. The van der Waals surface area contributed by atoms with Gasteiger partial charge in [-0.25, -0.2) is 4.79 Å². The molecule has 0 radical (unpaired) electrons. The fourth-order valence-electron chi connectivity index (χ4n) is 2.92. The second kappa shape index (κ2) is 10.4. The molecule has 0 atom stereocenters. The molecule has 0 spiro atoms. The van der Waals surface area contributed by atoms with Crippen molar-refractivity contribution < 1.29 is 14.0 Å². The second-order valence-corrected chi connectivity index (χ2v) is 6.10. The Balaban J connectivity index is 2.92. The van der Waals surface area contributed by atoms with Gasteiger partial charge >= 0.3 is 5.97 Å². The molecule has 124 valence electrons. The van der Waals surface area contributed by atoms with E-state index in [0.717, 1.165) is 49.8 Å². The van der Waals surface area contributed by atoms with Crippen LogP contribution in [0.4, 0.5) is 0 Å². The number of ether oxygens (including phenoxy) is 1. The molecule has 1 aromatic carbocycles. The lowest BCUT2D eigenvalue weighted by molar-refractivity contribution is -0.934. The van der Waals surface area contributed by atoms with Gasteiger partial charge in [0, 0.05) is 5.56 Å². The third kappa shape index (κ3) is 6.61. The van der Waals surface area contributed by atoms with E-state index in [-0.39, 0.29) is 5.97 Å². The number of carbonyl (C=O) groups excluding carboxylic acids is 1. The lowest BCUT2D eigenvalue weighted by Crippen LogP contribution is -2.52. The van der Waals surface area contributed by atoms with E-state index in [2.05, 4.69) is 38.1 Å². The highest BCUT2D eigenvalue weighted by atomic mass is 16.5. The molecule has 0 bridgehead atoms. The molecule has 22 heavy (non-hydrogen) atoms. The Morgan fingerprint density at radius 1 is 1.00 bits per heavy atom. The average molecular weight is 306 g/mol. The minimum absolute atomic E-state index is 0.0642. The van der Waals surface area contributed by atoms with E-state index < -0.39 is 0 Å². The molecule has 0 unspecified atom stereocenters. The Hall–Kier alpha value is -1.35. The van der Waals surface area contributed by atoms with E-state index in [1.165, 1.54) is 5.56 Å². The van der Waals surface area contributed by atoms with Crippen molar-refractivity contribution >= 4 is 5.97 Å². The normalized spacial score (nSPS) is 11.4. The lowest BCUT2D eigenvalue weighted by atomic mass is 10.1. The quantitative estimate of drug-likeness (QED) is 0.453. The maximum atomic E-state index is 12.1. The van der Waals surface area contributed by atoms with Crippen LogP contribution in [0.25, 0.3) is 0 Å². The first kappa shape index (κ1) is 18.7. The van der Waals surface area contributed by atoms with Crippen LogP contribution in [0.1, 0.15) is 52.0 Å². The molecule has 0 heterocycles. The molecule has 0 saturated heterocycles. The van der Waals surface area contributed by atoms with Gasteiger partial charge in [0.25, 0.3) is 0 Å². The lowest BCUT2D eigenvalue weighted by Gasteiger charge is -2.38. The molecular formula is C19H32NO2+. The zero-order valence-corrected chi connectivity index (χ0v) is 14.5. The van der Waals surface area contributed by atoms with Crippen molar-refractivity contribution in [2.45, 2.75) is 53.0 Å². The number of benzene rings is 1. The van der Waals surface area contributed by atoms with Crippen molar-refractivity contribution in [1.29, 1.82) is 0 Å². The summed E-state index contributed by atoms with van der Waals surface area (Å²) in [5.74, 6) is -0.0642.